The van der Waals surface area contributed by atoms with E-state index in [9.17, 15) is 0 Å². The Morgan fingerprint density at radius 1 is 0.857 bits per heavy atom. The molecule has 14 heavy (non-hydrogen) atoms. The van der Waals surface area contributed by atoms with Crippen LogP contribution < -0.4 is 0 Å². The zero-order chi connectivity index (χ0) is 11.0. The van der Waals surface area contributed by atoms with E-state index in [2.05, 4.69) is 38.1 Å². The summed E-state index contributed by atoms with van der Waals surface area (Å²) >= 11 is 0. The van der Waals surface area contributed by atoms with Gasteiger partial charge in [-0.2, -0.15) is 0 Å². The maximum atomic E-state index is 8.44. The van der Waals surface area contributed by atoms with E-state index in [-0.39, 0.29) is 0 Å². The second-order valence-corrected chi connectivity index (χ2v) is 3.14. The summed E-state index contributed by atoms with van der Waals surface area (Å²) in [6.07, 6.45) is 2.29. The van der Waals surface area contributed by atoms with E-state index in [1.165, 1.54) is 11.1 Å². The molecule has 0 saturated carbocycles. The minimum atomic E-state index is -3.11. The summed E-state index contributed by atoms with van der Waals surface area (Å²) in [7, 11) is -3.11. The summed E-state index contributed by atoms with van der Waals surface area (Å²) in [4.78, 5) is 0. The van der Waals surface area contributed by atoms with Gasteiger partial charge in [-0.3, -0.25) is 0 Å². The van der Waals surface area contributed by atoms with Crippen LogP contribution >= 0.6 is 0 Å². The SMILES string of the molecule is CCc1ccc(CC)cc1.O=S(=O)=O. The van der Waals surface area contributed by atoms with Crippen LogP contribution in [0, 0.1) is 0 Å². The molecule has 0 N–H and O–H groups in total. The Morgan fingerprint density at radius 2 is 1.07 bits per heavy atom. The lowest BCUT2D eigenvalue weighted by molar-refractivity contribution is 0.559. The van der Waals surface area contributed by atoms with E-state index in [0.29, 0.717) is 0 Å². The Balaban J connectivity index is 0.000000364. The largest absolute Gasteiger partial charge is 0.425 e. The molecule has 0 bridgehead atoms. The lowest BCUT2D eigenvalue weighted by atomic mass is 10.1. The smallest absolute Gasteiger partial charge is 0.142 e. The maximum absolute atomic E-state index is 8.44. The molecule has 0 aliphatic rings. The maximum Gasteiger partial charge on any atom is 0.425 e. The fraction of sp³-hybridized carbons (Fsp3) is 0.400. The zero-order valence-electron chi connectivity index (χ0n) is 8.36. The van der Waals surface area contributed by atoms with Gasteiger partial charge >= 0.3 is 10.6 Å². The Kier molecular flexibility index (Phi) is 6.66. The van der Waals surface area contributed by atoms with Crippen LogP contribution in [0.3, 0.4) is 0 Å². The Labute approximate surface area is 85.8 Å². The van der Waals surface area contributed by atoms with Crippen molar-refractivity contribution in [1.29, 1.82) is 0 Å². The van der Waals surface area contributed by atoms with Gasteiger partial charge < -0.3 is 0 Å². The quantitative estimate of drug-likeness (QED) is 0.754. The molecule has 0 aromatic heterocycles. The molecule has 1 aromatic carbocycles. The first-order valence-electron chi connectivity index (χ1n) is 4.44. The highest BCUT2D eigenvalue weighted by Crippen LogP contribution is 2.04. The van der Waals surface area contributed by atoms with Gasteiger partial charge in [0.05, 0.1) is 0 Å². The molecule has 0 saturated heterocycles. The van der Waals surface area contributed by atoms with Gasteiger partial charge in [-0.25, -0.2) is 0 Å². The minimum Gasteiger partial charge on any atom is -0.142 e. The predicted molar refractivity (Wildman–Crippen MR) is 54.9 cm³/mol. The molecular formula is C10H14O3S. The van der Waals surface area contributed by atoms with E-state index in [1.807, 2.05) is 0 Å². The van der Waals surface area contributed by atoms with Crippen molar-refractivity contribution in [3.05, 3.63) is 35.4 Å². The van der Waals surface area contributed by atoms with Crippen molar-refractivity contribution in [2.45, 2.75) is 26.7 Å². The molecule has 0 aliphatic heterocycles. The Morgan fingerprint density at radius 3 is 1.21 bits per heavy atom. The van der Waals surface area contributed by atoms with Gasteiger partial charge in [0.25, 0.3) is 0 Å². The molecule has 0 fully saturated rings. The van der Waals surface area contributed by atoms with Gasteiger partial charge in [0, 0.05) is 0 Å². The van der Waals surface area contributed by atoms with Crippen LogP contribution in [0.5, 0.6) is 0 Å². The summed E-state index contributed by atoms with van der Waals surface area (Å²) in [6, 6.07) is 8.83. The van der Waals surface area contributed by atoms with E-state index in [4.69, 9.17) is 12.6 Å². The lowest BCUT2D eigenvalue weighted by Gasteiger charge is -1.97. The third-order valence-electron chi connectivity index (χ3n) is 1.84. The molecule has 0 heterocycles. The number of aryl methyl sites for hydroxylation is 2. The highest BCUT2D eigenvalue weighted by Gasteiger charge is 1.88. The second-order valence-electron chi connectivity index (χ2n) is 2.73. The van der Waals surface area contributed by atoms with Gasteiger partial charge in [0.2, 0.25) is 0 Å². The summed E-state index contributed by atoms with van der Waals surface area (Å²) in [5, 5.41) is 0. The van der Waals surface area contributed by atoms with E-state index < -0.39 is 10.6 Å². The van der Waals surface area contributed by atoms with Gasteiger partial charge in [-0.05, 0) is 24.0 Å². The fourth-order valence-corrected chi connectivity index (χ4v) is 1.01. The van der Waals surface area contributed by atoms with Crippen molar-refractivity contribution < 1.29 is 12.6 Å². The number of hydrogen-bond acceptors (Lipinski definition) is 3. The monoisotopic (exact) mass is 214 g/mol. The summed E-state index contributed by atoms with van der Waals surface area (Å²) < 4.78 is 25.3. The molecule has 0 unspecified atom stereocenters. The average Bonchev–Trinajstić information content (AvgIpc) is 2.17. The van der Waals surface area contributed by atoms with Crippen molar-refractivity contribution >= 4 is 10.6 Å². The van der Waals surface area contributed by atoms with Crippen molar-refractivity contribution in [3.8, 4) is 0 Å². The molecule has 0 spiro atoms. The molecule has 1 rings (SSSR count). The Hall–Kier alpha value is -1.16. The van der Waals surface area contributed by atoms with E-state index >= 15 is 0 Å². The first-order valence-corrected chi connectivity index (χ1v) is 5.44. The van der Waals surface area contributed by atoms with Crippen LogP contribution in [0.25, 0.3) is 0 Å². The van der Waals surface area contributed by atoms with Crippen LogP contribution in [-0.2, 0) is 23.5 Å². The average molecular weight is 214 g/mol. The molecule has 0 aliphatic carbocycles. The van der Waals surface area contributed by atoms with Crippen molar-refractivity contribution in [3.63, 3.8) is 0 Å². The molecule has 3 nitrogen and oxygen atoms in total. The Bertz CT molecular complexity index is 320. The second kappa shape index (κ2) is 7.26. The number of hydrogen-bond donors (Lipinski definition) is 0. The lowest BCUT2D eigenvalue weighted by Crippen LogP contribution is -1.81. The van der Waals surface area contributed by atoms with Crippen LogP contribution in [0.4, 0.5) is 0 Å². The summed E-state index contributed by atoms with van der Waals surface area (Å²) in [6.45, 7) is 4.36. The standard InChI is InChI=1S/C10H14.O3S/c1-3-9-5-7-10(4-2)8-6-9;1-4(2)3/h5-8H,3-4H2,1-2H3;. The molecule has 0 amide bonds. The first kappa shape index (κ1) is 12.8. The third-order valence-corrected chi connectivity index (χ3v) is 1.84. The van der Waals surface area contributed by atoms with Crippen LogP contribution in [-0.4, -0.2) is 12.6 Å². The first-order chi connectivity index (χ1) is 6.60. The van der Waals surface area contributed by atoms with Crippen molar-refractivity contribution in [2.24, 2.45) is 0 Å². The summed E-state index contributed by atoms with van der Waals surface area (Å²) in [5.74, 6) is 0. The number of rotatable bonds is 2. The van der Waals surface area contributed by atoms with Gasteiger partial charge in [-0.15, -0.1) is 12.6 Å². The van der Waals surface area contributed by atoms with Crippen LogP contribution in [0.2, 0.25) is 0 Å². The molecule has 0 atom stereocenters. The third kappa shape index (κ3) is 6.37. The molecule has 78 valence electrons. The van der Waals surface area contributed by atoms with Crippen LogP contribution in [0.15, 0.2) is 24.3 Å². The van der Waals surface area contributed by atoms with Crippen molar-refractivity contribution in [1.82, 2.24) is 0 Å². The normalized spacial score (nSPS) is 8.71. The topological polar surface area (TPSA) is 51.2 Å². The van der Waals surface area contributed by atoms with Crippen LogP contribution in [0.1, 0.15) is 25.0 Å². The fourth-order valence-electron chi connectivity index (χ4n) is 1.01. The van der Waals surface area contributed by atoms with Gasteiger partial charge in [0.15, 0.2) is 0 Å². The highest BCUT2D eigenvalue weighted by atomic mass is 32.2. The molecule has 4 heteroatoms. The molecular weight excluding hydrogens is 200 g/mol. The van der Waals surface area contributed by atoms with Crippen molar-refractivity contribution in [2.75, 3.05) is 0 Å². The molecule has 1 aromatic rings. The number of benzene rings is 1. The van der Waals surface area contributed by atoms with E-state index in [0.717, 1.165) is 12.8 Å². The van der Waals surface area contributed by atoms with Gasteiger partial charge in [-0.1, -0.05) is 38.1 Å². The highest BCUT2D eigenvalue weighted by molar-refractivity contribution is 7.59. The molecule has 0 radical (unpaired) electrons. The van der Waals surface area contributed by atoms with E-state index in [1.54, 1.807) is 0 Å². The van der Waals surface area contributed by atoms with Gasteiger partial charge in [0.1, 0.15) is 0 Å². The summed E-state index contributed by atoms with van der Waals surface area (Å²) in [5.41, 5.74) is 2.86. The predicted octanol–water partition coefficient (Wildman–Crippen LogP) is 1.81. The minimum absolute atomic E-state index is 1.14. The zero-order valence-corrected chi connectivity index (χ0v) is 9.17.